The standard InChI is InChI=1S/C15H22N2/c1-3-16-15(13-7-5-4-6-8-13)14-10-9-12(2)17-11-14/h7,9-11,15-16H,3-6,8H2,1-2H3. The van der Waals surface area contributed by atoms with Crippen molar-refractivity contribution in [2.45, 2.75) is 45.6 Å². The van der Waals surface area contributed by atoms with Gasteiger partial charge < -0.3 is 5.32 Å². The molecule has 2 heteroatoms. The summed E-state index contributed by atoms with van der Waals surface area (Å²) in [5, 5.41) is 3.58. The Kier molecular flexibility index (Phi) is 4.32. The molecule has 2 rings (SSSR count). The van der Waals surface area contributed by atoms with E-state index in [2.05, 4.69) is 35.4 Å². The maximum absolute atomic E-state index is 4.41. The van der Waals surface area contributed by atoms with Crippen molar-refractivity contribution in [1.29, 1.82) is 0 Å². The van der Waals surface area contributed by atoms with Gasteiger partial charge in [-0.05, 0) is 50.8 Å². The van der Waals surface area contributed by atoms with E-state index < -0.39 is 0 Å². The summed E-state index contributed by atoms with van der Waals surface area (Å²) in [5.41, 5.74) is 3.93. The van der Waals surface area contributed by atoms with Crippen LogP contribution in [0.1, 0.15) is 49.9 Å². The van der Waals surface area contributed by atoms with Gasteiger partial charge in [0, 0.05) is 11.9 Å². The summed E-state index contributed by atoms with van der Waals surface area (Å²) < 4.78 is 0. The quantitative estimate of drug-likeness (QED) is 0.800. The first-order valence-electron chi connectivity index (χ1n) is 6.66. The SMILES string of the molecule is CCNC(C1=CCCCC1)c1ccc(C)nc1. The molecule has 1 aromatic heterocycles. The van der Waals surface area contributed by atoms with Gasteiger partial charge in [-0.15, -0.1) is 0 Å². The molecule has 1 aliphatic rings. The third kappa shape index (κ3) is 3.16. The van der Waals surface area contributed by atoms with Crippen LogP contribution in [0, 0.1) is 6.92 Å². The number of allylic oxidation sites excluding steroid dienone is 1. The molecule has 0 saturated heterocycles. The highest BCUT2D eigenvalue weighted by Gasteiger charge is 2.17. The molecular formula is C15H22N2. The fourth-order valence-electron chi connectivity index (χ4n) is 2.44. The van der Waals surface area contributed by atoms with Gasteiger partial charge in [0.15, 0.2) is 0 Å². The van der Waals surface area contributed by atoms with Gasteiger partial charge in [0.2, 0.25) is 0 Å². The number of nitrogens with zero attached hydrogens (tertiary/aromatic N) is 1. The molecule has 0 aromatic carbocycles. The number of aryl methyl sites for hydroxylation is 1. The molecular weight excluding hydrogens is 208 g/mol. The molecule has 0 fully saturated rings. The lowest BCUT2D eigenvalue weighted by atomic mass is 9.90. The highest BCUT2D eigenvalue weighted by Crippen LogP contribution is 2.29. The number of pyridine rings is 1. The summed E-state index contributed by atoms with van der Waals surface area (Å²) in [7, 11) is 0. The molecule has 1 heterocycles. The second-order valence-corrected chi connectivity index (χ2v) is 4.75. The van der Waals surface area contributed by atoms with Crippen LogP contribution >= 0.6 is 0 Å². The monoisotopic (exact) mass is 230 g/mol. The van der Waals surface area contributed by atoms with Gasteiger partial charge in [-0.1, -0.05) is 24.6 Å². The van der Waals surface area contributed by atoms with Crippen LogP contribution in [0.3, 0.4) is 0 Å². The zero-order chi connectivity index (χ0) is 12.1. The van der Waals surface area contributed by atoms with Crippen molar-refractivity contribution in [2.24, 2.45) is 0 Å². The Balaban J connectivity index is 2.21. The third-order valence-electron chi connectivity index (χ3n) is 3.37. The summed E-state index contributed by atoms with van der Waals surface area (Å²) in [6.45, 7) is 5.19. The third-order valence-corrected chi connectivity index (χ3v) is 3.37. The lowest BCUT2D eigenvalue weighted by Gasteiger charge is -2.24. The highest BCUT2D eigenvalue weighted by atomic mass is 14.9. The fraction of sp³-hybridized carbons (Fsp3) is 0.533. The molecule has 0 amide bonds. The van der Waals surface area contributed by atoms with E-state index in [0.29, 0.717) is 6.04 Å². The minimum atomic E-state index is 0.369. The second kappa shape index (κ2) is 5.97. The highest BCUT2D eigenvalue weighted by molar-refractivity contribution is 5.27. The molecule has 0 bridgehead atoms. The minimum absolute atomic E-state index is 0.369. The van der Waals surface area contributed by atoms with Crippen LogP contribution in [-0.4, -0.2) is 11.5 Å². The van der Waals surface area contributed by atoms with Crippen molar-refractivity contribution in [3.63, 3.8) is 0 Å². The lowest BCUT2D eigenvalue weighted by Crippen LogP contribution is -2.23. The average Bonchev–Trinajstić information content (AvgIpc) is 2.38. The maximum Gasteiger partial charge on any atom is 0.0551 e. The van der Waals surface area contributed by atoms with Crippen LogP contribution in [0.4, 0.5) is 0 Å². The average molecular weight is 230 g/mol. The number of likely N-dealkylation sites (N-methyl/N-ethyl adjacent to an activating group) is 1. The van der Waals surface area contributed by atoms with Gasteiger partial charge in [-0.3, -0.25) is 4.98 Å². The Morgan fingerprint density at radius 3 is 2.82 bits per heavy atom. The van der Waals surface area contributed by atoms with Crippen LogP contribution in [0.15, 0.2) is 30.0 Å². The number of hydrogen-bond acceptors (Lipinski definition) is 2. The topological polar surface area (TPSA) is 24.9 Å². The zero-order valence-electron chi connectivity index (χ0n) is 10.9. The first kappa shape index (κ1) is 12.3. The van der Waals surface area contributed by atoms with E-state index in [1.54, 1.807) is 5.57 Å². The van der Waals surface area contributed by atoms with Gasteiger partial charge in [-0.2, -0.15) is 0 Å². The molecule has 1 aromatic rings. The molecule has 0 aliphatic heterocycles. The maximum atomic E-state index is 4.41. The minimum Gasteiger partial charge on any atom is -0.307 e. The first-order chi connectivity index (χ1) is 8.31. The Bertz CT molecular complexity index is 378. The van der Waals surface area contributed by atoms with Crippen molar-refractivity contribution in [3.8, 4) is 0 Å². The Labute approximate surface area is 104 Å². The van der Waals surface area contributed by atoms with Gasteiger partial charge >= 0.3 is 0 Å². The predicted molar refractivity (Wildman–Crippen MR) is 71.9 cm³/mol. The van der Waals surface area contributed by atoms with E-state index >= 15 is 0 Å². The lowest BCUT2D eigenvalue weighted by molar-refractivity contribution is 0.562. The summed E-state index contributed by atoms with van der Waals surface area (Å²) in [6, 6.07) is 4.67. The Morgan fingerprint density at radius 1 is 1.35 bits per heavy atom. The van der Waals surface area contributed by atoms with E-state index in [1.165, 1.54) is 31.2 Å². The molecule has 1 atom stereocenters. The number of rotatable bonds is 4. The number of hydrogen-bond donors (Lipinski definition) is 1. The van der Waals surface area contributed by atoms with Crippen molar-refractivity contribution < 1.29 is 0 Å². The fourth-order valence-corrected chi connectivity index (χ4v) is 2.44. The summed E-state index contributed by atoms with van der Waals surface area (Å²) >= 11 is 0. The van der Waals surface area contributed by atoms with Crippen molar-refractivity contribution >= 4 is 0 Å². The van der Waals surface area contributed by atoms with Crippen LogP contribution in [0.2, 0.25) is 0 Å². The van der Waals surface area contributed by atoms with E-state index in [9.17, 15) is 0 Å². The van der Waals surface area contributed by atoms with E-state index in [0.717, 1.165) is 12.2 Å². The molecule has 0 radical (unpaired) electrons. The van der Waals surface area contributed by atoms with Gasteiger partial charge in [0.1, 0.15) is 0 Å². The summed E-state index contributed by atoms with van der Waals surface area (Å²) in [5.74, 6) is 0. The van der Waals surface area contributed by atoms with Crippen LogP contribution in [0.25, 0.3) is 0 Å². The largest absolute Gasteiger partial charge is 0.307 e. The molecule has 0 saturated carbocycles. The molecule has 1 N–H and O–H groups in total. The summed E-state index contributed by atoms with van der Waals surface area (Å²) in [4.78, 5) is 4.41. The second-order valence-electron chi connectivity index (χ2n) is 4.75. The van der Waals surface area contributed by atoms with E-state index in [1.807, 2.05) is 13.1 Å². The van der Waals surface area contributed by atoms with Crippen molar-refractivity contribution in [2.75, 3.05) is 6.54 Å². The number of nitrogens with one attached hydrogen (secondary N) is 1. The Hall–Kier alpha value is -1.15. The smallest absolute Gasteiger partial charge is 0.0551 e. The molecule has 92 valence electrons. The Morgan fingerprint density at radius 2 is 2.24 bits per heavy atom. The zero-order valence-corrected chi connectivity index (χ0v) is 10.9. The van der Waals surface area contributed by atoms with Crippen LogP contribution < -0.4 is 5.32 Å². The molecule has 0 spiro atoms. The van der Waals surface area contributed by atoms with Crippen molar-refractivity contribution in [3.05, 3.63) is 41.2 Å². The first-order valence-corrected chi connectivity index (χ1v) is 6.66. The van der Waals surface area contributed by atoms with Crippen LogP contribution in [0.5, 0.6) is 0 Å². The predicted octanol–water partition coefficient (Wildman–Crippen LogP) is 3.54. The normalized spacial score (nSPS) is 17.6. The van der Waals surface area contributed by atoms with Gasteiger partial charge in [0.05, 0.1) is 6.04 Å². The van der Waals surface area contributed by atoms with Gasteiger partial charge in [0.25, 0.3) is 0 Å². The van der Waals surface area contributed by atoms with Gasteiger partial charge in [-0.25, -0.2) is 0 Å². The van der Waals surface area contributed by atoms with E-state index in [-0.39, 0.29) is 0 Å². The summed E-state index contributed by atoms with van der Waals surface area (Å²) in [6.07, 6.45) is 9.55. The molecule has 1 aliphatic carbocycles. The molecule has 1 unspecified atom stereocenters. The van der Waals surface area contributed by atoms with Crippen molar-refractivity contribution in [1.82, 2.24) is 10.3 Å². The number of aromatic nitrogens is 1. The molecule has 2 nitrogen and oxygen atoms in total. The van der Waals surface area contributed by atoms with Crippen LogP contribution in [-0.2, 0) is 0 Å². The molecule has 17 heavy (non-hydrogen) atoms. The van der Waals surface area contributed by atoms with E-state index in [4.69, 9.17) is 0 Å².